The molecule has 4 aromatic rings. The second-order valence-electron chi connectivity index (χ2n) is 6.54. The van der Waals surface area contributed by atoms with E-state index in [1.165, 1.54) is 6.07 Å². The van der Waals surface area contributed by atoms with E-state index in [1.807, 2.05) is 24.3 Å². The summed E-state index contributed by atoms with van der Waals surface area (Å²) in [5.74, 6) is 1.34. The van der Waals surface area contributed by atoms with Crippen molar-refractivity contribution in [2.24, 2.45) is 0 Å². The average molecular weight is 399 g/mol. The van der Waals surface area contributed by atoms with Gasteiger partial charge < -0.3 is 15.0 Å². The smallest absolute Gasteiger partial charge is 0.292 e. The first kappa shape index (κ1) is 19.0. The lowest BCUT2D eigenvalue weighted by Gasteiger charge is -2.14. The Morgan fingerprint density at radius 2 is 1.83 bits per heavy atom. The van der Waals surface area contributed by atoms with Crippen LogP contribution in [0.2, 0.25) is 0 Å². The number of imidazole rings is 1. The summed E-state index contributed by atoms with van der Waals surface area (Å²) < 4.78 is 5.77. The molecular formula is C22H17N5O3. The number of aromatic amines is 1. The molecular weight excluding hydrogens is 382 g/mol. The topological polar surface area (TPSA) is 117 Å². The van der Waals surface area contributed by atoms with E-state index in [1.54, 1.807) is 42.5 Å². The number of para-hydroxylation sites is 4. The van der Waals surface area contributed by atoms with Gasteiger partial charge in [0.15, 0.2) is 0 Å². The van der Waals surface area contributed by atoms with Gasteiger partial charge in [0, 0.05) is 6.07 Å². The fourth-order valence-corrected chi connectivity index (χ4v) is 3.08. The van der Waals surface area contributed by atoms with Gasteiger partial charge in [0.1, 0.15) is 29.9 Å². The lowest BCUT2D eigenvalue weighted by molar-refractivity contribution is -0.384. The Kier molecular flexibility index (Phi) is 5.26. The minimum Gasteiger partial charge on any atom is -0.486 e. The first-order valence-electron chi connectivity index (χ1n) is 9.20. The second-order valence-corrected chi connectivity index (χ2v) is 6.54. The summed E-state index contributed by atoms with van der Waals surface area (Å²) in [6.07, 6.45) is 0. The molecule has 148 valence electrons. The first-order valence-corrected chi connectivity index (χ1v) is 9.20. The second kappa shape index (κ2) is 8.32. The van der Waals surface area contributed by atoms with Crippen molar-refractivity contribution in [3.63, 3.8) is 0 Å². The van der Waals surface area contributed by atoms with E-state index < -0.39 is 11.0 Å². The molecule has 8 nitrogen and oxygen atoms in total. The SMILES string of the molecule is N#CC(Nc1ccccc1[N+](=O)[O-])c1ccc(OCc2nc3ccccc3[nH]2)cc1. The van der Waals surface area contributed by atoms with Gasteiger partial charge in [-0.15, -0.1) is 0 Å². The Morgan fingerprint density at radius 3 is 2.57 bits per heavy atom. The molecule has 1 unspecified atom stereocenters. The molecule has 0 amide bonds. The van der Waals surface area contributed by atoms with Crippen LogP contribution in [0.25, 0.3) is 11.0 Å². The normalized spacial score (nSPS) is 11.6. The molecule has 0 fully saturated rings. The summed E-state index contributed by atoms with van der Waals surface area (Å²) in [4.78, 5) is 18.4. The maximum atomic E-state index is 11.2. The zero-order chi connectivity index (χ0) is 20.9. The molecule has 0 bridgehead atoms. The third-order valence-electron chi connectivity index (χ3n) is 4.56. The van der Waals surface area contributed by atoms with E-state index in [0.29, 0.717) is 22.8 Å². The maximum Gasteiger partial charge on any atom is 0.292 e. The molecule has 0 spiro atoms. The number of hydrogen-bond acceptors (Lipinski definition) is 6. The molecule has 1 atom stereocenters. The van der Waals surface area contributed by atoms with E-state index in [-0.39, 0.29) is 12.3 Å². The van der Waals surface area contributed by atoms with Crippen LogP contribution in [0, 0.1) is 21.4 Å². The van der Waals surface area contributed by atoms with E-state index in [2.05, 4.69) is 21.4 Å². The van der Waals surface area contributed by atoms with E-state index in [9.17, 15) is 15.4 Å². The number of nitrogens with zero attached hydrogens (tertiary/aromatic N) is 3. The predicted octanol–water partition coefficient (Wildman–Crippen LogP) is 4.73. The summed E-state index contributed by atoms with van der Waals surface area (Å²) >= 11 is 0. The summed E-state index contributed by atoms with van der Waals surface area (Å²) in [5.41, 5.74) is 2.71. The van der Waals surface area contributed by atoms with Crippen molar-refractivity contribution in [1.82, 2.24) is 9.97 Å². The van der Waals surface area contributed by atoms with Crippen LogP contribution >= 0.6 is 0 Å². The molecule has 0 aliphatic heterocycles. The highest BCUT2D eigenvalue weighted by molar-refractivity contribution is 5.74. The number of nitro benzene ring substituents is 1. The van der Waals surface area contributed by atoms with Crippen molar-refractivity contribution < 1.29 is 9.66 Å². The predicted molar refractivity (Wildman–Crippen MR) is 112 cm³/mol. The fraction of sp³-hybridized carbons (Fsp3) is 0.0909. The van der Waals surface area contributed by atoms with Gasteiger partial charge in [-0.25, -0.2) is 4.98 Å². The number of ether oxygens (including phenoxy) is 1. The van der Waals surface area contributed by atoms with E-state index in [4.69, 9.17) is 4.74 Å². The van der Waals surface area contributed by atoms with Crippen molar-refractivity contribution in [2.75, 3.05) is 5.32 Å². The lowest BCUT2D eigenvalue weighted by atomic mass is 10.1. The quantitative estimate of drug-likeness (QED) is 0.343. The van der Waals surface area contributed by atoms with Gasteiger partial charge >= 0.3 is 0 Å². The molecule has 0 radical (unpaired) electrons. The average Bonchev–Trinajstić information content (AvgIpc) is 3.20. The lowest BCUT2D eigenvalue weighted by Crippen LogP contribution is -2.10. The number of hydrogen-bond donors (Lipinski definition) is 2. The number of rotatable bonds is 7. The van der Waals surface area contributed by atoms with Crippen LogP contribution in [-0.4, -0.2) is 14.9 Å². The standard InChI is InChI=1S/C22H17N5O3/c23-13-20(24-19-7-3-4-8-21(19)27(28)29)15-9-11-16(12-10-15)30-14-22-25-17-5-1-2-6-18(17)26-22/h1-12,20,24H,14H2,(H,25,26). The van der Waals surface area contributed by atoms with Crippen LogP contribution < -0.4 is 10.1 Å². The van der Waals surface area contributed by atoms with Crippen LogP contribution in [0.3, 0.4) is 0 Å². The van der Waals surface area contributed by atoms with Crippen molar-refractivity contribution in [3.8, 4) is 11.8 Å². The Hall–Kier alpha value is -4.38. The maximum absolute atomic E-state index is 11.2. The summed E-state index contributed by atoms with van der Waals surface area (Å²) in [5, 5.41) is 23.6. The van der Waals surface area contributed by atoms with Gasteiger partial charge in [-0.1, -0.05) is 36.4 Å². The monoisotopic (exact) mass is 399 g/mol. The minimum atomic E-state index is -0.740. The molecule has 1 heterocycles. The van der Waals surface area contributed by atoms with Gasteiger partial charge in [0.25, 0.3) is 5.69 Å². The molecule has 0 aliphatic rings. The number of nitriles is 1. The largest absolute Gasteiger partial charge is 0.486 e. The molecule has 2 N–H and O–H groups in total. The third-order valence-corrected chi connectivity index (χ3v) is 4.56. The zero-order valence-corrected chi connectivity index (χ0v) is 15.8. The highest BCUT2D eigenvalue weighted by atomic mass is 16.6. The van der Waals surface area contributed by atoms with Crippen molar-refractivity contribution in [2.45, 2.75) is 12.6 Å². The summed E-state index contributed by atoms with van der Waals surface area (Å²) in [7, 11) is 0. The molecule has 4 rings (SSSR count). The summed E-state index contributed by atoms with van der Waals surface area (Å²) in [6.45, 7) is 0.282. The number of anilines is 1. The van der Waals surface area contributed by atoms with Crippen LogP contribution in [0.1, 0.15) is 17.4 Å². The fourth-order valence-electron chi connectivity index (χ4n) is 3.08. The van der Waals surface area contributed by atoms with Gasteiger partial charge in [-0.2, -0.15) is 5.26 Å². The number of aromatic nitrogens is 2. The number of nitrogens with one attached hydrogen (secondary N) is 2. The van der Waals surface area contributed by atoms with Gasteiger partial charge in [-0.3, -0.25) is 10.1 Å². The van der Waals surface area contributed by atoms with Crippen molar-refractivity contribution in [3.05, 3.63) is 94.3 Å². The van der Waals surface area contributed by atoms with Crippen LogP contribution in [0.5, 0.6) is 5.75 Å². The number of fused-ring (bicyclic) bond motifs is 1. The van der Waals surface area contributed by atoms with E-state index >= 15 is 0 Å². The van der Waals surface area contributed by atoms with Crippen LogP contribution in [0.4, 0.5) is 11.4 Å². The number of benzene rings is 3. The van der Waals surface area contributed by atoms with Crippen LogP contribution in [0.15, 0.2) is 72.8 Å². The third kappa shape index (κ3) is 4.05. The molecule has 30 heavy (non-hydrogen) atoms. The highest BCUT2D eigenvalue weighted by Gasteiger charge is 2.17. The van der Waals surface area contributed by atoms with Gasteiger partial charge in [0.05, 0.1) is 22.0 Å². The number of H-pyrrole nitrogens is 1. The zero-order valence-electron chi connectivity index (χ0n) is 15.8. The Bertz CT molecular complexity index is 1190. The highest BCUT2D eigenvalue weighted by Crippen LogP contribution is 2.28. The van der Waals surface area contributed by atoms with Crippen LogP contribution in [-0.2, 0) is 6.61 Å². The molecule has 0 saturated carbocycles. The molecule has 3 aromatic carbocycles. The molecule has 1 aromatic heterocycles. The Morgan fingerprint density at radius 1 is 1.10 bits per heavy atom. The Balaban J connectivity index is 1.44. The van der Waals surface area contributed by atoms with Crippen molar-refractivity contribution in [1.29, 1.82) is 5.26 Å². The molecule has 0 saturated heterocycles. The Labute approximate surface area is 171 Å². The van der Waals surface area contributed by atoms with Gasteiger partial charge in [0.2, 0.25) is 0 Å². The van der Waals surface area contributed by atoms with Gasteiger partial charge in [-0.05, 0) is 35.9 Å². The molecule has 0 aliphatic carbocycles. The summed E-state index contributed by atoms with van der Waals surface area (Å²) in [6, 6.07) is 22.4. The van der Waals surface area contributed by atoms with E-state index in [0.717, 1.165) is 11.0 Å². The molecule has 8 heteroatoms. The number of nitro groups is 1. The minimum absolute atomic E-state index is 0.0801. The van der Waals surface area contributed by atoms with Crippen molar-refractivity contribution >= 4 is 22.4 Å². The first-order chi connectivity index (χ1) is 14.6.